The summed E-state index contributed by atoms with van der Waals surface area (Å²) in [6.07, 6.45) is 0.632. The molecular weight excluding hydrogens is 267 g/mol. The highest BCUT2D eigenvalue weighted by molar-refractivity contribution is 5.85. The molecule has 1 fully saturated rings. The molecule has 98 valence electrons. The normalized spacial score (nSPS) is 14.6. The zero-order valence-electron chi connectivity index (χ0n) is 9.46. The van der Waals surface area contributed by atoms with Crippen molar-refractivity contribution in [2.75, 3.05) is 19.6 Å². The number of nitrogens with two attached hydrogens (primary N) is 1. The third-order valence-corrected chi connectivity index (χ3v) is 2.53. The quantitative estimate of drug-likeness (QED) is 0.865. The van der Waals surface area contributed by atoms with Gasteiger partial charge >= 0.3 is 0 Å². The van der Waals surface area contributed by atoms with E-state index in [4.69, 9.17) is 10.3 Å². The van der Waals surface area contributed by atoms with Crippen LogP contribution in [-0.4, -0.2) is 40.6 Å². The van der Waals surface area contributed by atoms with Crippen molar-refractivity contribution in [3.8, 4) is 0 Å². The summed E-state index contributed by atoms with van der Waals surface area (Å²) in [5.41, 5.74) is 5.38. The van der Waals surface area contributed by atoms with Gasteiger partial charge < -0.3 is 15.2 Å². The van der Waals surface area contributed by atoms with Gasteiger partial charge in [0.2, 0.25) is 11.8 Å². The monoisotopic (exact) mass is 282 g/mol. The van der Waals surface area contributed by atoms with Gasteiger partial charge in [0.1, 0.15) is 0 Å². The molecule has 0 saturated carbocycles. The van der Waals surface area contributed by atoms with Gasteiger partial charge in [-0.2, -0.15) is 4.98 Å². The number of carbonyl (C=O) groups excluding carboxylic acids is 1. The van der Waals surface area contributed by atoms with Crippen LogP contribution in [0.2, 0.25) is 0 Å². The number of hydrogen-bond acceptors (Lipinski definition) is 5. The average Bonchev–Trinajstić information content (AvgIpc) is 2.50. The van der Waals surface area contributed by atoms with Crippen LogP contribution in [0.5, 0.6) is 0 Å². The largest absolute Gasteiger partial charge is 0.341 e. The fourth-order valence-corrected chi connectivity index (χ4v) is 1.56. The Morgan fingerprint density at radius 3 is 2.71 bits per heavy atom. The summed E-state index contributed by atoms with van der Waals surface area (Å²) in [5.74, 6) is 1.56. The van der Waals surface area contributed by atoms with E-state index in [9.17, 15) is 4.79 Å². The van der Waals surface area contributed by atoms with E-state index in [0.29, 0.717) is 37.8 Å². The van der Waals surface area contributed by atoms with Crippen LogP contribution in [-0.2, 0) is 11.2 Å². The topological polar surface area (TPSA) is 85.2 Å². The molecule has 2 N–H and O–H groups in total. The zero-order valence-corrected chi connectivity index (χ0v) is 11.1. The van der Waals surface area contributed by atoms with Gasteiger partial charge in [-0.05, 0) is 6.54 Å². The summed E-state index contributed by atoms with van der Waals surface area (Å²) in [6, 6.07) is 0. The molecule has 1 amide bonds. The molecule has 0 aromatic carbocycles. The lowest BCUT2D eigenvalue weighted by Gasteiger charge is -2.36. The second-order valence-electron chi connectivity index (χ2n) is 3.71. The predicted octanol–water partition coefficient (Wildman–Crippen LogP) is 0.360. The first-order valence-electron chi connectivity index (χ1n) is 4.98. The molecule has 2 heterocycles. The van der Waals surface area contributed by atoms with E-state index in [1.54, 1.807) is 11.8 Å². The lowest BCUT2D eigenvalue weighted by atomic mass is 10.0. The summed E-state index contributed by atoms with van der Waals surface area (Å²) >= 11 is 0. The van der Waals surface area contributed by atoms with Crippen LogP contribution < -0.4 is 5.73 Å². The highest BCUT2D eigenvalue weighted by Gasteiger charge is 2.33. The van der Waals surface area contributed by atoms with Crippen molar-refractivity contribution < 1.29 is 9.32 Å². The molecule has 8 heteroatoms. The minimum atomic E-state index is 0. The number of likely N-dealkylation sites (tertiary alicyclic amines) is 1. The average molecular weight is 283 g/mol. The van der Waals surface area contributed by atoms with Gasteiger partial charge in [-0.3, -0.25) is 4.79 Å². The van der Waals surface area contributed by atoms with Crippen molar-refractivity contribution in [1.29, 1.82) is 0 Å². The van der Waals surface area contributed by atoms with Crippen LogP contribution in [0.1, 0.15) is 24.6 Å². The number of aromatic nitrogens is 2. The Balaban J connectivity index is 0.00000128. The fraction of sp³-hybridized carbons (Fsp3) is 0.667. The fourth-order valence-electron chi connectivity index (χ4n) is 1.56. The van der Waals surface area contributed by atoms with E-state index in [2.05, 4.69) is 10.1 Å². The van der Waals surface area contributed by atoms with Crippen molar-refractivity contribution >= 4 is 30.7 Å². The van der Waals surface area contributed by atoms with E-state index in [0.717, 1.165) is 0 Å². The van der Waals surface area contributed by atoms with Crippen LogP contribution in [0.4, 0.5) is 0 Å². The molecule has 0 bridgehead atoms. The molecular formula is C9H16Cl2N4O2. The zero-order chi connectivity index (χ0) is 10.8. The van der Waals surface area contributed by atoms with Crippen LogP contribution in [0.15, 0.2) is 4.52 Å². The first kappa shape index (κ1) is 16.1. The molecule has 1 saturated heterocycles. The van der Waals surface area contributed by atoms with Crippen molar-refractivity contribution in [2.45, 2.75) is 19.3 Å². The van der Waals surface area contributed by atoms with Gasteiger partial charge in [-0.1, -0.05) is 5.16 Å². The standard InChI is InChI=1S/C9H14N4O2.2ClH/c1-6(14)13-4-7(5-13)9-11-8(2-3-10)12-15-9;;/h7H,2-5,10H2,1H3;2*1H. The maximum absolute atomic E-state index is 11.0. The van der Waals surface area contributed by atoms with Gasteiger partial charge in [0, 0.05) is 26.4 Å². The number of amides is 1. The molecule has 1 aliphatic heterocycles. The Hall–Kier alpha value is -0.850. The van der Waals surface area contributed by atoms with E-state index in [1.807, 2.05) is 0 Å². The molecule has 17 heavy (non-hydrogen) atoms. The molecule has 0 atom stereocenters. The molecule has 1 aromatic rings. The third kappa shape index (κ3) is 3.55. The van der Waals surface area contributed by atoms with Gasteiger partial charge in [-0.25, -0.2) is 0 Å². The second-order valence-corrected chi connectivity index (χ2v) is 3.71. The van der Waals surface area contributed by atoms with Gasteiger partial charge in [0.15, 0.2) is 5.82 Å². The Morgan fingerprint density at radius 1 is 1.53 bits per heavy atom. The molecule has 2 rings (SSSR count). The number of hydrogen-bond donors (Lipinski definition) is 1. The molecule has 6 nitrogen and oxygen atoms in total. The molecule has 1 aromatic heterocycles. The van der Waals surface area contributed by atoms with Crippen molar-refractivity contribution in [1.82, 2.24) is 15.0 Å². The molecule has 0 unspecified atom stereocenters. The minimum absolute atomic E-state index is 0. The van der Waals surface area contributed by atoms with E-state index in [1.165, 1.54) is 0 Å². The van der Waals surface area contributed by atoms with Gasteiger partial charge in [-0.15, -0.1) is 24.8 Å². The van der Waals surface area contributed by atoms with Crippen molar-refractivity contribution in [3.63, 3.8) is 0 Å². The van der Waals surface area contributed by atoms with Crippen LogP contribution in [0.3, 0.4) is 0 Å². The third-order valence-electron chi connectivity index (χ3n) is 2.53. The number of halogens is 2. The highest BCUT2D eigenvalue weighted by Crippen LogP contribution is 2.25. The summed E-state index contributed by atoms with van der Waals surface area (Å²) < 4.78 is 5.09. The summed E-state index contributed by atoms with van der Waals surface area (Å²) in [7, 11) is 0. The highest BCUT2D eigenvalue weighted by atomic mass is 35.5. The Bertz CT molecular complexity index is 366. The minimum Gasteiger partial charge on any atom is -0.341 e. The van der Waals surface area contributed by atoms with Crippen LogP contribution in [0, 0.1) is 0 Å². The SMILES string of the molecule is CC(=O)N1CC(c2nc(CCN)no2)C1.Cl.Cl. The number of rotatable bonds is 3. The molecule has 0 aliphatic carbocycles. The smallest absolute Gasteiger partial charge is 0.233 e. The Morgan fingerprint density at radius 2 is 2.18 bits per heavy atom. The molecule has 0 spiro atoms. The first-order valence-corrected chi connectivity index (χ1v) is 4.98. The van der Waals surface area contributed by atoms with Crippen molar-refractivity contribution in [2.24, 2.45) is 5.73 Å². The summed E-state index contributed by atoms with van der Waals surface area (Å²) in [6.45, 7) is 3.44. The lowest BCUT2D eigenvalue weighted by Crippen LogP contribution is -2.47. The van der Waals surface area contributed by atoms with E-state index in [-0.39, 0.29) is 36.6 Å². The summed E-state index contributed by atoms with van der Waals surface area (Å²) in [4.78, 5) is 16.9. The van der Waals surface area contributed by atoms with Gasteiger partial charge in [0.05, 0.1) is 5.92 Å². The first-order chi connectivity index (χ1) is 7.20. The van der Waals surface area contributed by atoms with Crippen LogP contribution in [0.25, 0.3) is 0 Å². The second kappa shape index (κ2) is 6.78. The lowest BCUT2D eigenvalue weighted by molar-refractivity contribution is -0.133. The van der Waals surface area contributed by atoms with E-state index >= 15 is 0 Å². The van der Waals surface area contributed by atoms with E-state index < -0.39 is 0 Å². The van der Waals surface area contributed by atoms with Gasteiger partial charge in [0.25, 0.3) is 0 Å². The predicted molar refractivity (Wildman–Crippen MR) is 66.5 cm³/mol. The maximum Gasteiger partial charge on any atom is 0.233 e. The molecule has 0 radical (unpaired) electrons. The summed E-state index contributed by atoms with van der Waals surface area (Å²) in [5, 5.41) is 3.81. The Kier molecular flexibility index (Phi) is 6.44. The Labute approximate surface area is 112 Å². The van der Waals surface area contributed by atoms with Crippen molar-refractivity contribution in [3.05, 3.63) is 11.7 Å². The number of nitrogens with zero attached hydrogens (tertiary/aromatic N) is 3. The van der Waals surface area contributed by atoms with Crippen LogP contribution >= 0.6 is 24.8 Å². The maximum atomic E-state index is 11.0. The number of carbonyl (C=O) groups is 1. The molecule has 1 aliphatic rings.